The number of aromatic nitrogens is 3. The largest absolute Gasteiger partial charge is 0.484 e. The summed E-state index contributed by atoms with van der Waals surface area (Å²) in [6.07, 6.45) is 5.46. The van der Waals surface area contributed by atoms with Gasteiger partial charge in [-0.2, -0.15) is 0 Å². The number of nitrogens with one attached hydrogen (secondary N) is 2. The normalized spacial score (nSPS) is 16.1. The lowest BCUT2D eigenvalue weighted by molar-refractivity contribution is -0.118. The minimum atomic E-state index is -0.232. The third-order valence-electron chi connectivity index (χ3n) is 7.66. The molecule has 1 saturated heterocycles. The summed E-state index contributed by atoms with van der Waals surface area (Å²) in [7, 11) is 0. The van der Waals surface area contributed by atoms with Gasteiger partial charge in [0.25, 0.3) is 5.91 Å². The molecule has 0 aliphatic carbocycles. The highest BCUT2D eigenvalue weighted by Gasteiger charge is 2.42. The number of amides is 1. The summed E-state index contributed by atoms with van der Waals surface area (Å²) < 4.78 is 7.91. The van der Waals surface area contributed by atoms with Crippen LogP contribution in [0.25, 0.3) is 0 Å². The summed E-state index contributed by atoms with van der Waals surface area (Å²) in [4.78, 5) is 23.5. The topological polar surface area (TPSA) is 84.3 Å². The lowest BCUT2D eigenvalue weighted by atomic mass is 9.96. The maximum atomic E-state index is 12.5. The maximum Gasteiger partial charge on any atom is 0.262 e. The van der Waals surface area contributed by atoms with E-state index >= 15 is 0 Å². The monoisotopic (exact) mass is 588 g/mol. The number of thiocarbonyl (C=S) groups is 1. The van der Waals surface area contributed by atoms with E-state index in [9.17, 15) is 4.79 Å². The average Bonchev–Trinajstić information content (AvgIpc) is 3.52. The molecular formula is C34H32N6O2S. The Balaban J connectivity index is 1.28. The molecule has 2 atom stereocenters. The zero-order valence-electron chi connectivity index (χ0n) is 24.0. The Morgan fingerprint density at radius 3 is 2.42 bits per heavy atom. The number of pyridine rings is 2. The molecule has 5 aromatic rings. The Bertz CT molecular complexity index is 1710. The fourth-order valence-corrected chi connectivity index (χ4v) is 5.90. The Morgan fingerprint density at radius 2 is 1.70 bits per heavy atom. The molecule has 1 aliphatic rings. The van der Waals surface area contributed by atoms with E-state index in [4.69, 9.17) is 17.0 Å². The average molecular weight is 589 g/mol. The van der Waals surface area contributed by atoms with Crippen LogP contribution in [0, 0.1) is 13.8 Å². The van der Waals surface area contributed by atoms with Crippen LogP contribution in [-0.4, -0.2) is 32.2 Å². The highest BCUT2D eigenvalue weighted by atomic mass is 32.1. The summed E-state index contributed by atoms with van der Waals surface area (Å²) in [5, 5.41) is 7.07. The van der Waals surface area contributed by atoms with E-state index in [1.807, 2.05) is 104 Å². The molecule has 2 N–H and O–H groups in total. The first kappa shape index (κ1) is 28.1. The number of benzene rings is 2. The smallest absolute Gasteiger partial charge is 0.262 e. The molecule has 216 valence electrons. The van der Waals surface area contributed by atoms with Crippen molar-refractivity contribution in [3.8, 4) is 5.75 Å². The van der Waals surface area contributed by atoms with Crippen LogP contribution in [0.1, 0.15) is 40.3 Å². The van der Waals surface area contributed by atoms with E-state index in [1.165, 1.54) is 16.8 Å². The van der Waals surface area contributed by atoms with Crippen LogP contribution >= 0.6 is 12.2 Å². The van der Waals surface area contributed by atoms with E-state index in [-0.39, 0.29) is 24.6 Å². The highest BCUT2D eigenvalue weighted by Crippen LogP contribution is 2.43. The summed E-state index contributed by atoms with van der Waals surface area (Å²) >= 11 is 5.94. The first-order chi connectivity index (χ1) is 21.0. The quantitative estimate of drug-likeness (QED) is 0.200. The van der Waals surface area contributed by atoms with E-state index in [1.54, 1.807) is 0 Å². The summed E-state index contributed by atoms with van der Waals surface area (Å²) in [5.74, 6) is 0.418. The third-order valence-corrected chi connectivity index (χ3v) is 7.98. The Kier molecular flexibility index (Phi) is 8.15. The predicted molar refractivity (Wildman–Crippen MR) is 172 cm³/mol. The maximum absolute atomic E-state index is 12.5. The van der Waals surface area contributed by atoms with Crippen molar-refractivity contribution in [2.75, 3.05) is 16.8 Å². The van der Waals surface area contributed by atoms with Gasteiger partial charge in [0.05, 0.1) is 17.8 Å². The van der Waals surface area contributed by atoms with E-state index in [2.05, 4.69) is 50.0 Å². The van der Waals surface area contributed by atoms with Crippen LogP contribution in [0.5, 0.6) is 5.75 Å². The molecule has 0 bridgehead atoms. The van der Waals surface area contributed by atoms with Crippen molar-refractivity contribution in [1.29, 1.82) is 0 Å². The van der Waals surface area contributed by atoms with Crippen molar-refractivity contribution >= 4 is 34.6 Å². The van der Waals surface area contributed by atoms with Gasteiger partial charge < -0.3 is 24.8 Å². The molecule has 0 saturated carbocycles. The first-order valence-electron chi connectivity index (χ1n) is 14.1. The van der Waals surface area contributed by atoms with Crippen molar-refractivity contribution in [3.63, 3.8) is 0 Å². The van der Waals surface area contributed by atoms with Crippen LogP contribution in [0.2, 0.25) is 0 Å². The molecule has 0 spiro atoms. The van der Waals surface area contributed by atoms with Crippen LogP contribution < -0.4 is 20.3 Å². The molecule has 1 fully saturated rings. The van der Waals surface area contributed by atoms with Gasteiger partial charge in [0.15, 0.2) is 11.7 Å². The number of nitrogens with zero attached hydrogens (tertiary/aromatic N) is 4. The van der Waals surface area contributed by atoms with Gasteiger partial charge in [0, 0.05) is 47.9 Å². The zero-order valence-corrected chi connectivity index (χ0v) is 24.8. The Hall–Kier alpha value is -5.02. The predicted octanol–water partition coefficient (Wildman–Crippen LogP) is 6.14. The SMILES string of the molecule is Cc1cc([C@@H]2[C@@H](c3ccccn3)NC(=S)N2c2ccc(NC(=O)COc3ccccc3)cc2)c(C)n1Cc1ccncc1. The van der Waals surface area contributed by atoms with Gasteiger partial charge in [-0.15, -0.1) is 0 Å². The van der Waals surface area contributed by atoms with Gasteiger partial charge >= 0.3 is 0 Å². The number of carbonyl (C=O) groups excluding carboxylic acids is 1. The molecule has 1 amide bonds. The molecule has 6 rings (SSSR count). The Morgan fingerprint density at radius 1 is 0.953 bits per heavy atom. The fourth-order valence-electron chi connectivity index (χ4n) is 5.56. The summed E-state index contributed by atoms with van der Waals surface area (Å²) in [6.45, 7) is 4.97. The molecule has 43 heavy (non-hydrogen) atoms. The van der Waals surface area contributed by atoms with Gasteiger partial charge in [-0.3, -0.25) is 14.8 Å². The first-order valence-corrected chi connectivity index (χ1v) is 14.5. The number of aryl methyl sites for hydroxylation is 1. The van der Waals surface area contributed by atoms with Gasteiger partial charge in [-0.25, -0.2) is 0 Å². The lowest BCUT2D eigenvalue weighted by Gasteiger charge is -2.28. The molecular weight excluding hydrogens is 556 g/mol. The molecule has 0 unspecified atom stereocenters. The second-order valence-electron chi connectivity index (χ2n) is 10.5. The van der Waals surface area contributed by atoms with Gasteiger partial charge in [0.2, 0.25) is 0 Å². The lowest BCUT2D eigenvalue weighted by Crippen LogP contribution is -2.29. The van der Waals surface area contributed by atoms with Gasteiger partial charge in [-0.1, -0.05) is 24.3 Å². The van der Waals surface area contributed by atoms with Gasteiger partial charge in [-0.05, 0) is 104 Å². The third kappa shape index (κ3) is 6.12. The fraction of sp³-hybridized carbons (Fsp3) is 0.176. The van der Waals surface area contributed by atoms with E-state index < -0.39 is 0 Å². The number of anilines is 2. The zero-order chi connectivity index (χ0) is 29.8. The molecule has 3 aromatic heterocycles. The number of ether oxygens (including phenoxy) is 1. The summed E-state index contributed by atoms with van der Waals surface area (Å²) in [5.41, 5.74) is 7.20. The summed E-state index contributed by atoms with van der Waals surface area (Å²) in [6, 6.07) is 29.0. The van der Waals surface area contributed by atoms with Crippen LogP contribution in [-0.2, 0) is 11.3 Å². The number of rotatable bonds is 9. The number of para-hydroxylation sites is 1. The standard InChI is InChI=1S/C34H32N6O2S/c1-23-20-29(24(2)39(23)21-25-15-18-35-19-16-25)33-32(30-10-6-7-17-36-30)38-34(43)40(33)27-13-11-26(12-14-27)37-31(41)22-42-28-8-4-3-5-9-28/h3-20,32-33H,21-22H2,1-2H3,(H,37,41)(H,38,43)/t32-,33-/m1/s1. The number of hydrogen-bond donors (Lipinski definition) is 2. The molecule has 9 heteroatoms. The molecule has 4 heterocycles. The van der Waals surface area contributed by atoms with Crippen LogP contribution in [0.3, 0.4) is 0 Å². The highest BCUT2D eigenvalue weighted by molar-refractivity contribution is 7.80. The molecule has 1 aliphatic heterocycles. The van der Waals surface area contributed by atoms with E-state index in [0.717, 1.165) is 23.6 Å². The van der Waals surface area contributed by atoms with E-state index in [0.29, 0.717) is 16.5 Å². The van der Waals surface area contributed by atoms with Gasteiger partial charge in [0.1, 0.15) is 5.75 Å². The minimum Gasteiger partial charge on any atom is -0.484 e. The minimum absolute atomic E-state index is 0.0746. The van der Waals surface area contributed by atoms with Crippen LogP contribution in [0.4, 0.5) is 11.4 Å². The second-order valence-corrected chi connectivity index (χ2v) is 10.8. The molecule has 0 radical (unpaired) electrons. The number of carbonyl (C=O) groups is 1. The second kappa shape index (κ2) is 12.5. The Labute approximate surface area is 256 Å². The van der Waals surface area contributed by atoms with Crippen molar-refractivity contribution in [2.45, 2.75) is 32.5 Å². The number of hydrogen-bond acceptors (Lipinski definition) is 5. The molecule has 2 aromatic carbocycles. The molecule has 8 nitrogen and oxygen atoms in total. The van der Waals surface area contributed by atoms with Crippen molar-refractivity contribution in [3.05, 3.63) is 138 Å². The van der Waals surface area contributed by atoms with Crippen molar-refractivity contribution in [2.24, 2.45) is 0 Å². The van der Waals surface area contributed by atoms with Crippen LogP contribution in [0.15, 0.2) is 110 Å². The van der Waals surface area contributed by atoms with Crippen molar-refractivity contribution in [1.82, 2.24) is 19.9 Å². The van der Waals surface area contributed by atoms with Crippen molar-refractivity contribution < 1.29 is 9.53 Å².